The minimum Gasteiger partial charge on any atom is -0.355 e. The molecular formula is C22H17F3N4O. The second-order valence-electron chi connectivity index (χ2n) is 6.79. The predicted molar refractivity (Wildman–Crippen MR) is 110 cm³/mol. The minimum absolute atomic E-state index is 0.300. The van der Waals surface area contributed by atoms with Gasteiger partial charge in [-0.1, -0.05) is 12.1 Å². The van der Waals surface area contributed by atoms with Crippen molar-refractivity contribution >= 4 is 34.0 Å². The molecule has 0 saturated heterocycles. The van der Waals surface area contributed by atoms with E-state index in [-0.39, 0.29) is 5.91 Å². The van der Waals surface area contributed by atoms with Gasteiger partial charge in [0.25, 0.3) is 5.91 Å². The number of aromatic amines is 1. The van der Waals surface area contributed by atoms with Gasteiger partial charge in [-0.25, -0.2) is 4.98 Å². The quantitative estimate of drug-likeness (QED) is 0.393. The number of aromatic nitrogens is 2. The Hall–Kier alpha value is -3.81. The molecule has 0 saturated carbocycles. The highest BCUT2D eigenvalue weighted by molar-refractivity contribution is 6.12. The van der Waals surface area contributed by atoms with Crippen LogP contribution < -0.4 is 10.6 Å². The largest absolute Gasteiger partial charge is 0.416 e. The van der Waals surface area contributed by atoms with Crippen LogP contribution in [0.25, 0.3) is 11.0 Å². The molecule has 0 fully saturated rings. The Kier molecular flexibility index (Phi) is 4.91. The summed E-state index contributed by atoms with van der Waals surface area (Å²) in [6.07, 6.45) is -1.16. The SMILES string of the molecule is Cc1ccc(Nc2cccc(C(F)(F)F)c2)cc1NC(=O)c1ccnc2[nH]ccc12. The number of nitrogens with zero attached hydrogens (tertiary/aromatic N) is 1. The number of carbonyl (C=O) groups is 1. The number of fused-ring (bicyclic) bond motifs is 1. The number of halogens is 3. The smallest absolute Gasteiger partial charge is 0.355 e. The topological polar surface area (TPSA) is 69.8 Å². The molecule has 2 aromatic heterocycles. The van der Waals surface area contributed by atoms with Crippen LogP contribution in [0.1, 0.15) is 21.5 Å². The summed E-state index contributed by atoms with van der Waals surface area (Å²) >= 11 is 0. The van der Waals surface area contributed by atoms with E-state index in [1.54, 1.807) is 48.8 Å². The Morgan fingerprint density at radius 3 is 2.63 bits per heavy atom. The van der Waals surface area contributed by atoms with Crippen LogP contribution in [0.5, 0.6) is 0 Å². The summed E-state index contributed by atoms with van der Waals surface area (Å²) in [6, 6.07) is 13.6. The lowest BCUT2D eigenvalue weighted by atomic mass is 10.1. The molecule has 8 heteroatoms. The number of rotatable bonds is 4. The average Bonchev–Trinajstić information content (AvgIpc) is 3.19. The molecule has 3 N–H and O–H groups in total. The molecule has 0 radical (unpaired) electrons. The third kappa shape index (κ3) is 3.98. The summed E-state index contributed by atoms with van der Waals surface area (Å²) in [7, 11) is 0. The number of benzene rings is 2. The van der Waals surface area contributed by atoms with Crippen molar-refractivity contribution in [2.75, 3.05) is 10.6 Å². The van der Waals surface area contributed by atoms with Crippen molar-refractivity contribution in [3.63, 3.8) is 0 Å². The van der Waals surface area contributed by atoms with Crippen molar-refractivity contribution in [1.29, 1.82) is 0 Å². The molecule has 2 heterocycles. The van der Waals surface area contributed by atoms with E-state index in [2.05, 4.69) is 20.6 Å². The second kappa shape index (κ2) is 7.55. The van der Waals surface area contributed by atoms with Crippen LogP contribution in [0.3, 0.4) is 0 Å². The summed E-state index contributed by atoms with van der Waals surface area (Å²) in [5.74, 6) is -0.304. The third-order valence-corrected chi connectivity index (χ3v) is 4.67. The van der Waals surface area contributed by atoms with E-state index in [0.29, 0.717) is 33.7 Å². The molecule has 4 aromatic rings. The van der Waals surface area contributed by atoms with Crippen LogP contribution in [-0.2, 0) is 6.18 Å². The molecule has 0 aliphatic carbocycles. The van der Waals surface area contributed by atoms with E-state index in [9.17, 15) is 18.0 Å². The first-order valence-electron chi connectivity index (χ1n) is 9.09. The van der Waals surface area contributed by atoms with Crippen LogP contribution in [-0.4, -0.2) is 15.9 Å². The first kappa shape index (κ1) is 19.5. The Bertz CT molecular complexity index is 1230. The van der Waals surface area contributed by atoms with Crippen LogP contribution in [0.4, 0.5) is 30.2 Å². The number of hydrogen-bond acceptors (Lipinski definition) is 3. The van der Waals surface area contributed by atoms with Gasteiger partial charge in [-0.05, 0) is 55.0 Å². The number of aryl methyl sites for hydroxylation is 1. The summed E-state index contributed by atoms with van der Waals surface area (Å²) in [4.78, 5) is 19.9. The summed E-state index contributed by atoms with van der Waals surface area (Å²) in [5.41, 5.74) is 2.57. The first-order chi connectivity index (χ1) is 14.3. The number of amides is 1. The standard InChI is InChI=1S/C22H17F3N4O/c1-13-5-6-16(28-15-4-2-3-14(11-15)22(23,24)25)12-19(13)29-21(30)18-8-10-27-20-17(18)7-9-26-20/h2-12,28H,1H3,(H,26,27)(H,29,30). The number of hydrogen-bond donors (Lipinski definition) is 3. The van der Waals surface area contributed by atoms with Crippen LogP contribution in [0, 0.1) is 6.92 Å². The van der Waals surface area contributed by atoms with Crippen molar-refractivity contribution < 1.29 is 18.0 Å². The maximum absolute atomic E-state index is 12.9. The minimum atomic E-state index is -4.42. The maximum Gasteiger partial charge on any atom is 0.416 e. The lowest BCUT2D eigenvalue weighted by Gasteiger charge is -2.14. The molecule has 30 heavy (non-hydrogen) atoms. The number of carbonyl (C=O) groups excluding carboxylic acids is 1. The Morgan fingerprint density at radius 2 is 1.83 bits per heavy atom. The van der Waals surface area contributed by atoms with Gasteiger partial charge in [-0.3, -0.25) is 4.79 Å². The van der Waals surface area contributed by atoms with E-state index in [0.717, 1.165) is 17.7 Å². The molecule has 0 unspecified atom stereocenters. The number of alkyl halides is 3. The predicted octanol–water partition coefficient (Wildman–Crippen LogP) is 5.89. The monoisotopic (exact) mass is 410 g/mol. The van der Waals surface area contributed by atoms with Gasteiger partial charge in [-0.2, -0.15) is 13.2 Å². The highest BCUT2D eigenvalue weighted by Crippen LogP contribution is 2.32. The molecule has 4 rings (SSSR count). The maximum atomic E-state index is 12.9. The zero-order valence-corrected chi connectivity index (χ0v) is 15.8. The van der Waals surface area contributed by atoms with Crippen molar-refractivity contribution in [2.24, 2.45) is 0 Å². The lowest BCUT2D eigenvalue weighted by Crippen LogP contribution is -2.13. The molecule has 0 bridgehead atoms. The molecule has 152 valence electrons. The fourth-order valence-corrected chi connectivity index (χ4v) is 3.12. The molecule has 2 aromatic carbocycles. The van der Waals surface area contributed by atoms with E-state index in [1.165, 1.54) is 6.07 Å². The fourth-order valence-electron chi connectivity index (χ4n) is 3.12. The average molecular weight is 410 g/mol. The molecule has 0 aliphatic heterocycles. The van der Waals surface area contributed by atoms with Gasteiger partial charge < -0.3 is 15.6 Å². The highest BCUT2D eigenvalue weighted by Gasteiger charge is 2.30. The van der Waals surface area contributed by atoms with Gasteiger partial charge >= 0.3 is 6.18 Å². The Labute approximate surface area is 170 Å². The number of pyridine rings is 1. The van der Waals surface area contributed by atoms with Crippen LogP contribution in [0.15, 0.2) is 67.0 Å². The van der Waals surface area contributed by atoms with Crippen molar-refractivity contribution in [1.82, 2.24) is 9.97 Å². The highest BCUT2D eigenvalue weighted by atomic mass is 19.4. The molecular weight excluding hydrogens is 393 g/mol. The van der Waals surface area contributed by atoms with Gasteiger partial charge in [0.05, 0.1) is 11.1 Å². The molecule has 0 spiro atoms. The van der Waals surface area contributed by atoms with Crippen molar-refractivity contribution in [3.8, 4) is 0 Å². The van der Waals surface area contributed by atoms with Gasteiger partial charge in [-0.15, -0.1) is 0 Å². The van der Waals surface area contributed by atoms with E-state index in [1.807, 2.05) is 6.92 Å². The summed E-state index contributed by atoms with van der Waals surface area (Å²) in [5, 5.41) is 6.53. The second-order valence-corrected chi connectivity index (χ2v) is 6.79. The van der Waals surface area contributed by atoms with E-state index < -0.39 is 11.7 Å². The Balaban J connectivity index is 1.58. The number of H-pyrrole nitrogens is 1. The lowest BCUT2D eigenvalue weighted by molar-refractivity contribution is -0.137. The van der Waals surface area contributed by atoms with Gasteiger partial charge in [0, 0.05) is 34.8 Å². The van der Waals surface area contributed by atoms with Gasteiger partial charge in [0.15, 0.2) is 0 Å². The van der Waals surface area contributed by atoms with Crippen molar-refractivity contribution in [3.05, 3.63) is 83.7 Å². The van der Waals surface area contributed by atoms with Crippen LogP contribution >= 0.6 is 0 Å². The van der Waals surface area contributed by atoms with Crippen LogP contribution in [0.2, 0.25) is 0 Å². The van der Waals surface area contributed by atoms with E-state index in [4.69, 9.17) is 0 Å². The zero-order chi connectivity index (χ0) is 21.3. The normalized spacial score (nSPS) is 11.5. The number of nitrogens with one attached hydrogen (secondary N) is 3. The Morgan fingerprint density at radius 1 is 1.03 bits per heavy atom. The van der Waals surface area contributed by atoms with Gasteiger partial charge in [0.2, 0.25) is 0 Å². The molecule has 0 aliphatic rings. The van der Waals surface area contributed by atoms with Gasteiger partial charge in [0.1, 0.15) is 5.65 Å². The molecule has 1 amide bonds. The zero-order valence-electron chi connectivity index (χ0n) is 15.8. The van der Waals surface area contributed by atoms with E-state index >= 15 is 0 Å². The summed E-state index contributed by atoms with van der Waals surface area (Å²) < 4.78 is 38.8. The molecule has 0 atom stereocenters. The number of anilines is 3. The van der Waals surface area contributed by atoms with Crippen molar-refractivity contribution in [2.45, 2.75) is 13.1 Å². The third-order valence-electron chi connectivity index (χ3n) is 4.67. The summed E-state index contributed by atoms with van der Waals surface area (Å²) in [6.45, 7) is 1.84. The fraction of sp³-hybridized carbons (Fsp3) is 0.0909. The first-order valence-corrected chi connectivity index (χ1v) is 9.09. The molecule has 5 nitrogen and oxygen atoms in total.